The van der Waals surface area contributed by atoms with E-state index in [0.717, 1.165) is 0 Å². The van der Waals surface area contributed by atoms with E-state index in [-0.39, 0.29) is 53.9 Å². The Balaban J connectivity index is 1.61. The number of carbonyl (C=O) groups excluding carboxylic acids is 1. The van der Waals surface area contributed by atoms with Gasteiger partial charge in [-0.2, -0.15) is 0 Å². The number of Topliss-reactive ketones (excluding diaryl/α,β-unsaturated/α-hetero) is 1. The summed E-state index contributed by atoms with van der Waals surface area (Å²) in [6.07, 6.45) is -15.0. The Bertz CT molecular complexity index is 1820. The Labute approximate surface area is 311 Å². The van der Waals surface area contributed by atoms with Crippen LogP contribution in [0.1, 0.15) is 45.6 Å². The van der Waals surface area contributed by atoms with Crippen molar-refractivity contribution in [2.45, 2.75) is 81.9 Å². The number of aliphatic hydroxyl groups is 7. The first-order valence-corrected chi connectivity index (χ1v) is 17.5. The molecule has 2 aliphatic rings. The van der Waals surface area contributed by atoms with Crippen molar-refractivity contribution in [3.05, 3.63) is 119 Å². The molecule has 0 aromatic heterocycles. The van der Waals surface area contributed by atoms with Gasteiger partial charge in [-0.1, -0.05) is 91.0 Å². The van der Waals surface area contributed by atoms with Crippen molar-refractivity contribution in [2.75, 3.05) is 13.2 Å². The van der Waals surface area contributed by atoms with Gasteiger partial charge in [0.1, 0.15) is 80.0 Å². The second-order valence-electron chi connectivity index (χ2n) is 13.1. The maximum atomic E-state index is 13.9. The molecule has 6 rings (SSSR count). The highest BCUT2D eigenvalue weighted by molar-refractivity contribution is 6.02. The van der Waals surface area contributed by atoms with Crippen molar-refractivity contribution >= 4 is 5.78 Å². The number of aliphatic hydroxyl groups excluding tert-OH is 7. The summed E-state index contributed by atoms with van der Waals surface area (Å²) in [5, 5.41) is 75.0. The standard InChI is InChI=1S/C40H44O14/c1-22(42)28-35(49-18-23-11-5-2-6-12-23)29(36-33(47)30(44)26(43)21-52-36)38(51-20-25-15-9-4-10-16-25)39(37(28)50-19-24-13-7-3-8-14-24)54-40-34(48)32(46)31(45)27(17-41)53-40/h2-16,26-27,30-34,36,40-41,43-48H,17-21H2,1H3/t26-,27-,30+,31-,32+,33-,34-,36+,40+/m1/s1. The molecular weight excluding hydrogens is 704 g/mol. The van der Waals surface area contributed by atoms with E-state index in [1.165, 1.54) is 6.92 Å². The molecule has 54 heavy (non-hydrogen) atoms. The first-order valence-electron chi connectivity index (χ1n) is 17.5. The third kappa shape index (κ3) is 8.52. The third-order valence-electron chi connectivity index (χ3n) is 9.25. The third-order valence-corrected chi connectivity index (χ3v) is 9.25. The van der Waals surface area contributed by atoms with Crippen LogP contribution in [0.2, 0.25) is 0 Å². The fourth-order valence-electron chi connectivity index (χ4n) is 6.33. The smallest absolute Gasteiger partial charge is 0.229 e. The molecule has 0 spiro atoms. The van der Waals surface area contributed by atoms with Crippen LogP contribution < -0.4 is 18.9 Å². The van der Waals surface area contributed by atoms with Crippen LogP contribution in [-0.2, 0) is 29.3 Å². The second-order valence-corrected chi connectivity index (χ2v) is 13.1. The van der Waals surface area contributed by atoms with E-state index in [1.807, 2.05) is 18.2 Å². The summed E-state index contributed by atoms with van der Waals surface area (Å²) in [6, 6.07) is 27.0. The van der Waals surface area contributed by atoms with Gasteiger partial charge < -0.3 is 64.2 Å². The molecular formula is C40H44O14. The molecule has 0 radical (unpaired) electrons. The van der Waals surface area contributed by atoms with Crippen LogP contribution in [0.4, 0.5) is 0 Å². The first kappa shape index (κ1) is 39.1. The topological polar surface area (TPSA) is 214 Å². The van der Waals surface area contributed by atoms with Crippen molar-refractivity contribution in [3.8, 4) is 23.0 Å². The van der Waals surface area contributed by atoms with Crippen molar-refractivity contribution in [3.63, 3.8) is 0 Å². The summed E-state index contributed by atoms with van der Waals surface area (Å²) in [7, 11) is 0. The largest absolute Gasteiger partial charge is 0.487 e. The van der Waals surface area contributed by atoms with Gasteiger partial charge >= 0.3 is 0 Å². The van der Waals surface area contributed by atoms with Gasteiger partial charge in [0.15, 0.2) is 17.3 Å². The summed E-state index contributed by atoms with van der Waals surface area (Å²) in [6.45, 7) is -0.270. The van der Waals surface area contributed by atoms with Crippen LogP contribution in [0.3, 0.4) is 0 Å². The lowest BCUT2D eigenvalue weighted by atomic mass is 9.90. The molecule has 4 aromatic rings. The molecule has 0 amide bonds. The number of benzene rings is 4. The summed E-state index contributed by atoms with van der Waals surface area (Å²) >= 11 is 0. The van der Waals surface area contributed by atoms with Crippen LogP contribution in [0, 0.1) is 0 Å². The average molecular weight is 749 g/mol. The van der Waals surface area contributed by atoms with Crippen LogP contribution in [0.25, 0.3) is 0 Å². The van der Waals surface area contributed by atoms with E-state index in [9.17, 15) is 40.5 Å². The van der Waals surface area contributed by atoms with Gasteiger partial charge in [0.05, 0.1) is 18.8 Å². The highest BCUT2D eigenvalue weighted by Crippen LogP contribution is 2.55. The highest BCUT2D eigenvalue weighted by Gasteiger charge is 2.48. The van der Waals surface area contributed by atoms with E-state index in [1.54, 1.807) is 72.8 Å². The monoisotopic (exact) mass is 748 g/mol. The highest BCUT2D eigenvalue weighted by atomic mass is 16.7. The molecule has 7 N–H and O–H groups in total. The molecule has 0 unspecified atom stereocenters. The number of carbonyl (C=O) groups is 1. The lowest BCUT2D eigenvalue weighted by Crippen LogP contribution is -2.60. The molecule has 2 saturated heterocycles. The van der Waals surface area contributed by atoms with Crippen molar-refractivity contribution in [2.24, 2.45) is 0 Å². The molecule has 14 nitrogen and oxygen atoms in total. The fourth-order valence-corrected chi connectivity index (χ4v) is 6.33. The van der Waals surface area contributed by atoms with Gasteiger partial charge in [-0.05, 0) is 23.6 Å². The SMILES string of the molecule is CC(=O)c1c(OCc2ccccc2)c(O[C@@H]2O[C@H](CO)[C@@H](O)[C@H](O)[C@H]2O)c(OCc2ccccc2)c([C@@H]2OC[C@@H](O)[C@H](O)[C@H]2O)c1OCc1ccccc1. The summed E-state index contributed by atoms with van der Waals surface area (Å²) in [4.78, 5) is 13.9. The maximum absolute atomic E-state index is 13.9. The second kappa shape index (κ2) is 17.7. The molecule has 0 saturated carbocycles. The molecule has 0 bridgehead atoms. The van der Waals surface area contributed by atoms with Crippen molar-refractivity contribution in [1.82, 2.24) is 0 Å². The predicted molar refractivity (Wildman–Crippen MR) is 190 cm³/mol. The molecule has 288 valence electrons. The zero-order valence-electron chi connectivity index (χ0n) is 29.4. The number of rotatable bonds is 14. The Kier molecular flexibility index (Phi) is 12.8. The van der Waals surface area contributed by atoms with E-state index in [2.05, 4.69) is 0 Å². The molecule has 4 aromatic carbocycles. The summed E-state index contributed by atoms with van der Waals surface area (Å²) < 4.78 is 37.3. The summed E-state index contributed by atoms with van der Waals surface area (Å²) in [5.41, 5.74) is 1.78. The molecule has 2 heterocycles. The minimum Gasteiger partial charge on any atom is -0.487 e. The Morgan fingerprint density at radius 3 is 1.63 bits per heavy atom. The summed E-state index contributed by atoms with van der Waals surface area (Å²) in [5.74, 6) is -1.55. The van der Waals surface area contributed by atoms with E-state index < -0.39 is 74.1 Å². The predicted octanol–water partition coefficient (Wildman–Crippen LogP) is 1.96. The van der Waals surface area contributed by atoms with E-state index in [4.69, 9.17) is 28.4 Å². The van der Waals surface area contributed by atoms with Gasteiger partial charge in [0.2, 0.25) is 12.0 Å². The molecule has 14 heteroatoms. The van der Waals surface area contributed by atoms with Crippen LogP contribution in [-0.4, -0.2) is 104 Å². The van der Waals surface area contributed by atoms with Gasteiger partial charge in [-0.3, -0.25) is 4.79 Å². The zero-order valence-corrected chi connectivity index (χ0v) is 29.4. The van der Waals surface area contributed by atoms with Gasteiger partial charge in [0.25, 0.3) is 0 Å². The quantitative estimate of drug-likeness (QED) is 0.0919. The number of hydrogen-bond donors (Lipinski definition) is 7. The van der Waals surface area contributed by atoms with E-state index >= 15 is 0 Å². The Morgan fingerprint density at radius 1 is 0.630 bits per heavy atom. The molecule has 0 aliphatic carbocycles. The molecule has 2 fully saturated rings. The van der Waals surface area contributed by atoms with Crippen LogP contribution in [0.5, 0.6) is 23.0 Å². The van der Waals surface area contributed by atoms with E-state index in [0.29, 0.717) is 16.7 Å². The van der Waals surface area contributed by atoms with Gasteiger partial charge in [0, 0.05) is 0 Å². The van der Waals surface area contributed by atoms with Gasteiger partial charge in [-0.15, -0.1) is 0 Å². The minimum absolute atomic E-state index is 0.0920. The van der Waals surface area contributed by atoms with Crippen LogP contribution >= 0.6 is 0 Å². The Morgan fingerprint density at radius 2 is 1.13 bits per heavy atom. The van der Waals surface area contributed by atoms with Gasteiger partial charge in [-0.25, -0.2) is 0 Å². The van der Waals surface area contributed by atoms with Crippen LogP contribution in [0.15, 0.2) is 91.0 Å². The van der Waals surface area contributed by atoms with Crippen molar-refractivity contribution in [1.29, 1.82) is 0 Å². The maximum Gasteiger partial charge on any atom is 0.229 e. The Hall–Kier alpha value is -4.61. The number of ketones is 1. The zero-order chi connectivity index (χ0) is 38.4. The number of hydrogen-bond acceptors (Lipinski definition) is 14. The minimum atomic E-state index is -1.89. The first-order chi connectivity index (χ1) is 26.1. The lowest BCUT2D eigenvalue weighted by Gasteiger charge is -2.40. The average Bonchev–Trinajstić information content (AvgIpc) is 3.19. The number of ether oxygens (including phenoxy) is 6. The lowest BCUT2D eigenvalue weighted by molar-refractivity contribution is -0.277. The normalized spacial score (nSPS) is 26.9. The molecule has 9 atom stereocenters. The van der Waals surface area contributed by atoms with Crippen molar-refractivity contribution < 1.29 is 69.0 Å². The fraction of sp³-hybridized carbons (Fsp3) is 0.375. The molecule has 2 aliphatic heterocycles.